The number of benzene rings is 2. The lowest BCUT2D eigenvalue weighted by molar-refractivity contribution is -0.119. The van der Waals surface area contributed by atoms with Crippen molar-refractivity contribution in [2.45, 2.75) is 26.4 Å². The molecule has 1 N–H and O–H groups in total. The Morgan fingerprint density at radius 2 is 1.70 bits per heavy atom. The molecule has 20 heavy (non-hydrogen) atoms. The van der Waals surface area contributed by atoms with Crippen molar-refractivity contribution in [1.82, 2.24) is 5.32 Å². The Bertz CT molecular complexity index is 651. The number of nitrogens with one attached hydrogen (secondary N) is 1. The van der Waals surface area contributed by atoms with E-state index in [0.717, 1.165) is 22.5 Å². The van der Waals surface area contributed by atoms with Crippen molar-refractivity contribution in [2.24, 2.45) is 0 Å². The van der Waals surface area contributed by atoms with Gasteiger partial charge in [-0.3, -0.25) is 9.69 Å². The van der Waals surface area contributed by atoms with Gasteiger partial charge in [0.25, 0.3) is 0 Å². The first-order valence-corrected chi connectivity index (χ1v) is 6.89. The molecule has 1 amide bonds. The second-order valence-corrected chi connectivity index (χ2v) is 5.19. The molecular weight excluding hydrogens is 248 g/mol. The molecule has 0 saturated carbocycles. The molecule has 0 radical (unpaired) electrons. The molecule has 0 bridgehead atoms. The zero-order chi connectivity index (χ0) is 14.1. The molecule has 2 aromatic carbocycles. The molecule has 102 valence electrons. The Kier molecular flexibility index (Phi) is 3.28. The normalized spacial score (nSPS) is 18.6. The van der Waals surface area contributed by atoms with Crippen LogP contribution >= 0.6 is 0 Å². The number of fused-ring (bicyclic) bond motifs is 1. The fourth-order valence-corrected chi connectivity index (χ4v) is 2.60. The van der Waals surface area contributed by atoms with Crippen molar-refractivity contribution in [3.63, 3.8) is 0 Å². The van der Waals surface area contributed by atoms with Crippen LogP contribution in [0.2, 0.25) is 0 Å². The largest absolute Gasteiger partial charge is 0.302 e. The van der Waals surface area contributed by atoms with Gasteiger partial charge in [0, 0.05) is 6.54 Å². The van der Waals surface area contributed by atoms with E-state index in [2.05, 4.69) is 11.4 Å². The third-order valence-corrected chi connectivity index (χ3v) is 3.78. The average molecular weight is 266 g/mol. The van der Waals surface area contributed by atoms with Gasteiger partial charge in [-0.15, -0.1) is 0 Å². The molecule has 1 unspecified atom stereocenters. The van der Waals surface area contributed by atoms with Crippen LogP contribution in [-0.4, -0.2) is 11.9 Å². The molecule has 0 aromatic heterocycles. The van der Waals surface area contributed by atoms with E-state index < -0.39 is 0 Å². The molecule has 3 nitrogen and oxygen atoms in total. The number of rotatable bonds is 1. The van der Waals surface area contributed by atoms with Gasteiger partial charge in [0.1, 0.15) is 0 Å². The highest BCUT2D eigenvalue weighted by molar-refractivity contribution is 6.05. The lowest BCUT2D eigenvalue weighted by Gasteiger charge is -2.26. The summed E-state index contributed by atoms with van der Waals surface area (Å²) in [4.78, 5) is 14.6. The summed E-state index contributed by atoms with van der Waals surface area (Å²) in [5.41, 5.74) is 4.18. The summed E-state index contributed by atoms with van der Waals surface area (Å²) in [5, 5.41) is 3.28. The Hall–Kier alpha value is -2.13. The molecule has 3 rings (SSSR count). The van der Waals surface area contributed by atoms with Gasteiger partial charge in [-0.2, -0.15) is 0 Å². The summed E-state index contributed by atoms with van der Waals surface area (Å²) < 4.78 is 0. The van der Waals surface area contributed by atoms with Crippen LogP contribution in [0.4, 0.5) is 11.4 Å². The molecule has 2 aromatic rings. The zero-order valence-corrected chi connectivity index (χ0v) is 11.8. The number of aryl methyl sites for hydroxylation is 1. The van der Waals surface area contributed by atoms with E-state index >= 15 is 0 Å². The number of anilines is 2. The Morgan fingerprint density at radius 3 is 2.45 bits per heavy atom. The lowest BCUT2D eigenvalue weighted by atomic mass is 10.1. The maximum atomic E-state index is 12.7. The molecule has 0 saturated heterocycles. The summed E-state index contributed by atoms with van der Waals surface area (Å²) in [5.74, 6) is 0.0873. The van der Waals surface area contributed by atoms with Gasteiger partial charge in [-0.1, -0.05) is 36.4 Å². The molecule has 1 aliphatic heterocycles. The van der Waals surface area contributed by atoms with Crippen molar-refractivity contribution in [3.8, 4) is 0 Å². The Balaban J connectivity index is 2.20. The monoisotopic (exact) mass is 266 g/mol. The van der Waals surface area contributed by atoms with E-state index in [1.165, 1.54) is 0 Å². The predicted molar refractivity (Wildman–Crippen MR) is 81.1 cm³/mol. The first-order chi connectivity index (χ1) is 9.68. The van der Waals surface area contributed by atoms with Gasteiger partial charge in [0.05, 0.1) is 17.4 Å². The summed E-state index contributed by atoms with van der Waals surface area (Å²) in [6.07, 6.45) is 0. The maximum Gasteiger partial charge on any atom is 0.248 e. The second-order valence-electron chi connectivity index (χ2n) is 5.19. The molecule has 1 atom stereocenters. The van der Waals surface area contributed by atoms with Crippen LogP contribution in [0.1, 0.15) is 18.1 Å². The van der Waals surface area contributed by atoms with Gasteiger partial charge in [0.15, 0.2) is 0 Å². The first-order valence-electron chi connectivity index (χ1n) is 6.89. The number of amides is 1. The summed E-state index contributed by atoms with van der Waals surface area (Å²) in [7, 11) is 0. The van der Waals surface area contributed by atoms with Crippen LogP contribution in [-0.2, 0) is 11.3 Å². The highest BCUT2D eigenvalue weighted by Crippen LogP contribution is 2.33. The molecule has 0 spiro atoms. The van der Waals surface area contributed by atoms with Crippen LogP contribution in [0.25, 0.3) is 0 Å². The van der Waals surface area contributed by atoms with Gasteiger partial charge >= 0.3 is 0 Å². The van der Waals surface area contributed by atoms with E-state index in [-0.39, 0.29) is 11.9 Å². The van der Waals surface area contributed by atoms with Gasteiger partial charge in [-0.25, -0.2) is 0 Å². The SMILES string of the molecule is Cc1ccccc1N1C(=O)C(C)NCc2ccccc21. The minimum atomic E-state index is -0.193. The van der Waals surface area contributed by atoms with Crippen molar-refractivity contribution >= 4 is 17.3 Å². The number of para-hydroxylation sites is 2. The van der Waals surface area contributed by atoms with E-state index in [1.54, 1.807) is 0 Å². The van der Waals surface area contributed by atoms with Gasteiger partial charge in [-0.05, 0) is 37.1 Å². The molecule has 3 heteroatoms. The fraction of sp³-hybridized carbons (Fsp3) is 0.235. The van der Waals surface area contributed by atoms with E-state index in [1.807, 2.05) is 61.2 Å². The van der Waals surface area contributed by atoms with Crippen molar-refractivity contribution in [2.75, 3.05) is 4.90 Å². The quantitative estimate of drug-likeness (QED) is 0.860. The van der Waals surface area contributed by atoms with Crippen LogP contribution in [0, 0.1) is 6.92 Å². The lowest BCUT2D eigenvalue weighted by Crippen LogP contribution is -2.40. The highest BCUT2D eigenvalue weighted by atomic mass is 16.2. The van der Waals surface area contributed by atoms with E-state index in [0.29, 0.717) is 6.54 Å². The fourth-order valence-electron chi connectivity index (χ4n) is 2.60. The van der Waals surface area contributed by atoms with E-state index in [9.17, 15) is 4.79 Å². The highest BCUT2D eigenvalue weighted by Gasteiger charge is 2.28. The number of hydrogen-bond acceptors (Lipinski definition) is 2. The van der Waals surface area contributed by atoms with Crippen LogP contribution < -0.4 is 10.2 Å². The minimum Gasteiger partial charge on any atom is -0.302 e. The first kappa shape index (κ1) is 12.9. The Morgan fingerprint density at radius 1 is 1.05 bits per heavy atom. The second kappa shape index (κ2) is 5.10. The maximum absolute atomic E-state index is 12.7. The molecule has 0 aliphatic carbocycles. The van der Waals surface area contributed by atoms with Crippen molar-refractivity contribution in [3.05, 3.63) is 59.7 Å². The van der Waals surface area contributed by atoms with Gasteiger partial charge < -0.3 is 5.32 Å². The summed E-state index contributed by atoms with van der Waals surface area (Å²) >= 11 is 0. The molecule has 0 fully saturated rings. The smallest absolute Gasteiger partial charge is 0.248 e. The molecule has 1 aliphatic rings. The van der Waals surface area contributed by atoms with Crippen molar-refractivity contribution < 1.29 is 4.79 Å². The minimum absolute atomic E-state index is 0.0873. The third kappa shape index (κ3) is 2.10. The van der Waals surface area contributed by atoms with Crippen molar-refractivity contribution in [1.29, 1.82) is 0 Å². The van der Waals surface area contributed by atoms with Crippen LogP contribution in [0.5, 0.6) is 0 Å². The number of hydrogen-bond donors (Lipinski definition) is 1. The summed E-state index contributed by atoms with van der Waals surface area (Å²) in [6.45, 7) is 4.67. The number of carbonyl (C=O) groups is 1. The number of carbonyl (C=O) groups excluding carboxylic acids is 1. The predicted octanol–water partition coefficient (Wildman–Crippen LogP) is 3.15. The van der Waals surface area contributed by atoms with E-state index in [4.69, 9.17) is 0 Å². The number of nitrogens with zero attached hydrogens (tertiary/aromatic N) is 1. The standard InChI is InChI=1S/C17H18N2O/c1-12-7-3-5-9-15(12)19-16-10-6-4-8-14(16)11-18-13(2)17(19)20/h3-10,13,18H,11H2,1-2H3. The topological polar surface area (TPSA) is 32.3 Å². The molecular formula is C17H18N2O. The van der Waals surface area contributed by atoms with Gasteiger partial charge in [0.2, 0.25) is 5.91 Å². The summed E-state index contributed by atoms with van der Waals surface area (Å²) in [6, 6.07) is 15.9. The van der Waals surface area contributed by atoms with Crippen LogP contribution in [0.15, 0.2) is 48.5 Å². The average Bonchev–Trinajstić information content (AvgIpc) is 2.59. The molecule has 1 heterocycles. The third-order valence-electron chi connectivity index (χ3n) is 3.78. The van der Waals surface area contributed by atoms with Crippen LogP contribution in [0.3, 0.4) is 0 Å². The Labute approximate surface area is 119 Å². The zero-order valence-electron chi connectivity index (χ0n) is 11.8.